The first-order chi connectivity index (χ1) is 7.85. The van der Waals surface area contributed by atoms with E-state index in [1.807, 2.05) is 0 Å². The van der Waals surface area contributed by atoms with E-state index in [1.54, 1.807) is 5.57 Å². The van der Waals surface area contributed by atoms with Crippen LogP contribution in [0.15, 0.2) is 11.6 Å². The Morgan fingerprint density at radius 3 is 1.94 bits per heavy atom. The first kappa shape index (κ1) is 15.7. The molecule has 0 aliphatic heterocycles. The van der Waals surface area contributed by atoms with Crippen molar-refractivity contribution in [3.05, 3.63) is 11.6 Å². The highest BCUT2D eigenvalue weighted by Crippen LogP contribution is 2.17. The molecule has 0 amide bonds. The lowest BCUT2D eigenvalue weighted by molar-refractivity contribution is 0.642. The van der Waals surface area contributed by atoms with E-state index in [1.165, 1.54) is 70.6 Å². The van der Waals surface area contributed by atoms with E-state index in [4.69, 9.17) is 0 Å². The van der Waals surface area contributed by atoms with E-state index in [-0.39, 0.29) is 0 Å². The number of hydrogen-bond acceptors (Lipinski definition) is 0. The monoisotopic (exact) mass is 224 g/mol. The second-order valence-corrected chi connectivity index (χ2v) is 4.92. The molecule has 16 heavy (non-hydrogen) atoms. The van der Waals surface area contributed by atoms with Gasteiger partial charge in [-0.2, -0.15) is 0 Å². The zero-order valence-electron chi connectivity index (χ0n) is 11.9. The van der Waals surface area contributed by atoms with Gasteiger partial charge < -0.3 is 0 Å². The molecular weight excluding hydrogens is 192 g/mol. The summed E-state index contributed by atoms with van der Waals surface area (Å²) in [6.45, 7) is 6.86. The average Bonchev–Trinajstić information content (AvgIpc) is 2.31. The maximum atomic E-state index is 2.53. The summed E-state index contributed by atoms with van der Waals surface area (Å²) in [5.41, 5.74) is 1.74. The maximum absolute atomic E-state index is 2.53. The summed E-state index contributed by atoms with van der Waals surface area (Å²) in [6.07, 6.45) is 17.6. The van der Waals surface area contributed by atoms with Gasteiger partial charge in [-0.05, 0) is 32.1 Å². The molecular formula is C16H32. The highest BCUT2D eigenvalue weighted by Gasteiger charge is 1.97. The molecule has 0 N–H and O–H groups in total. The smallest absolute Gasteiger partial charge is 0.0320 e. The standard InChI is InChI=1S/C16H32/c1-4-7-10-12-15-16(13-9-6-3)14-11-8-5-2/h14H,4-13,15H2,1-3H3. The van der Waals surface area contributed by atoms with Crippen molar-refractivity contribution in [1.29, 1.82) is 0 Å². The van der Waals surface area contributed by atoms with Gasteiger partial charge in [0.15, 0.2) is 0 Å². The molecule has 0 aromatic heterocycles. The normalized spacial score (nSPS) is 12.1. The molecule has 0 aliphatic carbocycles. The molecule has 0 nitrogen and oxygen atoms in total. The quantitative estimate of drug-likeness (QED) is 0.287. The lowest BCUT2D eigenvalue weighted by Crippen LogP contribution is -1.87. The van der Waals surface area contributed by atoms with E-state index in [0.29, 0.717) is 0 Å². The van der Waals surface area contributed by atoms with Gasteiger partial charge in [-0.15, -0.1) is 0 Å². The molecule has 0 fully saturated rings. The third kappa shape index (κ3) is 10.3. The van der Waals surface area contributed by atoms with Crippen molar-refractivity contribution in [2.75, 3.05) is 0 Å². The predicted octanol–water partition coefficient (Wildman–Crippen LogP) is 6.26. The molecule has 0 radical (unpaired) electrons. The Kier molecular flexibility index (Phi) is 12.6. The summed E-state index contributed by atoms with van der Waals surface area (Å²) in [4.78, 5) is 0. The fraction of sp³-hybridized carbons (Fsp3) is 0.875. The summed E-state index contributed by atoms with van der Waals surface area (Å²) in [5, 5.41) is 0. The van der Waals surface area contributed by atoms with Crippen LogP contribution in [-0.4, -0.2) is 0 Å². The summed E-state index contributed by atoms with van der Waals surface area (Å²) < 4.78 is 0. The van der Waals surface area contributed by atoms with Crippen LogP contribution in [0.3, 0.4) is 0 Å². The van der Waals surface area contributed by atoms with Gasteiger partial charge in [-0.1, -0.05) is 70.9 Å². The molecule has 0 heterocycles. The van der Waals surface area contributed by atoms with Crippen LogP contribution in [0, 0.1) is 0 Å². The van der Waals surface area contributed by atoms with Gasteiger partial charge in [-0.3, -0.25) is 0 Å². The number of rotatable bonds is 11. The molecule has 0 aromatic carbocycles. The zero-order valence-corrected chi connectivity index (χ0v) is 11.9. The average molecular weight is 224 g/mol. The van der Waals surface area contributed by atoms with Gasteiger partial charge in [-0.25, -0.2) is 0 Å². The molecule has 0 heteroatoms. The topological polar surface area (TPSA) is 0 Å². The van der Waals surface area contributed by atoms with Crippen molar-refractivity contribution in [3.8, 4) is 0 Å². The molecule has 0 aliphatic rings. The largest absolute Gasteiger partial charge is 0.0853 e. The fourth-order valence-electron chi connectivity index (χ4n) is 2.02. The van der Waals surface area contributed by atoms with Crippen LogP contribution < -0.4 is 0 Å². The van der Waals surface area contributed by atoms with Crippen molar-refractivity contribution < 1.29 is 0 Å². The molecule has 0 saturated heterocycles. The molecule has 96 valence electrons. The van der Waals surface area contributed by atoms with Gasteiger partial charge in [0.1, 0.15) is 0 Å². The molecule has 0 atom stereocenters. The highest BCUT2D eigenvalue weighted by atomic mass is 14.0. The SMILES string of the molecule is CCCCC=C(CCCC)CCCCCC. The summed E-state index contributed by atoms with van der Waals surface area (Å²) >= 11 is 0. The zero-order chi connectivity index (χ0) is 12.1. The van der Waals surface area contributed by atoms with E-state index in [2.05, 4.69) is 26.8 Å². The second kappa shape index (κ2) is 12.8. The van der Waals surface area contributed by atoms with Crippen molar-refractivity contribution in [1.82, 2.24) is 0 Å². The van der Waals surface area contributed by atoms with Gasteiger partial charge >= 0.3 is 0 Å². The lowest BCUT2D eigenvalue weighted by atomic mass is 10.00. The third-order valence-electron chi connectivity index (χ3n) is 3.19. The van der Waals surface area contributed by atoms with Crippen molar-refractivity contribution in [2.24, 2.45) is 0 Å². The molecule has 0 unspecified atom stereocenters. The molecule has 0 spiro atoms. The van der Waals surface area contributed by atoms with E-state index >= 15 is 0 Å². The van der Waals surface area contributed by atoms with Crippen LogP contribution in [0.5, 0.6) is 0 Å². The van der Waals surface area contributed by atoms with Crippen molar-refractivity contribution in [3.63, 3.8) is 0 Å². The van der Waals surface area contributed by atoms with E-state index in [9.17, 15) is 0 Å². The van der Waals surface area contributed by atoms with Crippen molar-refractivity contribution >= 4 is 0 Å². The maximum Gasteiger partial charge on any atom is -0.0320 e. The summed E-state index contributed by atoms with van der Waals surface area (Å²) in [7, 11) is 0. The Hall–Kier alpha value is -0.260. The summed E-state index contributed by atoms with van der Waals surface area (Å²) in [6, 6.07) is 0. The highest BCUT2D eigenvalue weighted by molar-refractivity contribution is 5.01. The molecule has 0 aromatic rings. The van der Waals surface area contributed by atoms with Crippen LogP contribution in [0.4, 0.5) is 0 Å². The Bertz CT molecular complexity index is 155. The predicted molar refractivity (Wildman–Crippen MR) is 75.9 cm³/mol. The van der Waals surface area contributed by atoms with Crippen LogP contribution in [-0.2, 0) is 0 Å². The first-order valence-corrected chi connectivity index (χ1v) is 7.53. The van der Waals surface area contributed by atoms with Gasteiger partial charge in [0.05, 0.1) is 0 Å². The third-order valence-corrected chi connectivity index (χ3v) is 3.19. The van der Waals surface area contributed by atoms with Crippen molar-refractivity contribution in [2.45, 2.75) is 91.4 Å². The van der Waals surface area contributed by atoms with Gasteiger partial charge in [0.25, 0.3) is 0 Å². The Morgan fingerprint density at radius 2 is 1.31 bits per heavy atom. The summed E-state index contributed by atoms with van der Waals surface area (Å²) in [5.74, 6) is 0. The van der Waals surface area contributed by atoms with E-state index < -0.39 is 0 Å². The van der Waals surface area contributed by atoms with Gasteiger partial charge in [0, 0.05) is 0 Å². The minimum absolute atomic E-state index is 1.31. The van der Waals surface area contributed by atoms with Crippen LogP contribution in [0.1, 0.15) is 91.4 Å². The molecule has 0 saturated carbocycles. The Morgan fingerprint density at radius 1 is 0.688 bits per heavy atom. The minimum Gasteiger partial charge on any atom is -0.0853 e. The minimum atomic E-state index is 1.31. The molecule has 0 bridgehead atoms. The number of unbranched alkanes of at least 4 members (excludes halogenated alkanes) is 6. The second-order valence-electron chi connectivity index (χ2n) is 4.92. The Balaban J connectivity index is 3.75. The molecule has 0 rings (SSSR count). The van der Waals surface area contributed by atoms with Crippen LogP contribution in [0.25, 0.3) is 0 Å². The van der Waals surface area contributed by atoms with Crippen LogP contribution >= 0.6 is 0 Å². The number of allylic oxidation sites excluding steroid dienone is 2. The first-order valence-electron chi connectivity index (χ1n) is 7.53. The van der Waals surface area contributed by atoms with E-state index in [0.717, 1.165) is 0 Å². The fourth-order valence-corrected chi connectivity index (χ4v) is 2.02. The van der Waals surface area contributed by atoms with Crippen LogP contribution in [0.2, 0.25) is 0 Å². The number of hydrogen-bond donors (Lipinski definition) is 0. The Labute approximate surface area is 104 Å². The van der Waals surface area contributed by atoms with Gasteiger partial charge in [0.2, 0.25) is 0 Å². The lowest BCUT2D eigenvalue weighted by Gasteiger charge is -2.07.